The van der Waals surface area contributed by atoms with E-state index in [-0.39, 0.29) is 11.0 Å². The average Bonchev–Trinajstić information content (AvgIpc) is 2.18. The summed E-state index contributed by atoms with van der Waals surface area (Å²) in [5.41, 5.74) is 6.28. The van der Waals surface area contributed by atoms with Crippen molar-refractivity contribution in [2.24, 2.45) is 11.1 Å². The molecule has 0 aromatic heterocycles. The number of aliphatic hydroxyl groups excluding tert-OH is 1. The highest BCUT2D eigenvalue weighted by molar-refractivity contribution is 5.03. The summed E-state index contributed by atoms with van der Waals surface area (Å²) in [6, 6.07) is 0. The van der Waals surface area contributed by atoms with Crippen molar-refractivity contribution in [1.29, 1.82) is 0 Å². The second-order valence-electron chi connectivity index (χ2n) is 4.81. The van der Waals surface area contributed by atoms with Crippen LogP contribution in [-0.2, 0) is 4.74 Å². The van der Waals surface area contributed by atoms with Crippen molar-refractivity contribution < 1.29 is 9.84 Å². The van der Waals surface area contributed by atoms with Crippen LogP contribution in [0.2, 0.25) is 0 Å². The van der Waals surface area contributed by atoms with E-state index in [0.29, 0.717) is 0 Å². The Bertz CT molecular complexity index is 181. The van der Waals surface area contributed by atoms with Gasteiger partial charge in [0.2, 0.25) is 0 Å². The van der Waals surface area contributed by atoms with Crippen molar-refractivity contribution in [2.75, 3.05) is 7.11 Å². The zero-order valence-electron chi connectivity index (χ0n) is 8.25. The minimum Gasteiger partial charge on any atom is -0.367 e. The van der Waals surface area contributed by atoms with Crippen LogP contribution in [0.5, 0.6) is 0 Å². The molecule has 3 rings (SSSR count). The Hall–Kier alpha value is -0.120. The molecule has 0 saturated heterocycles. The lowest BCUT2D eigenvalue weighted by Crippen LogP contribution is -2.55. The molecule has 3 saturated carbocycles. The van der Waals surface area contributed by atoms with E-state index < -0.39 is 6.29 Å². The molecule has 1 atom stereocenters. The smallest absolute Gasteiger partial charge is 0.159 e. The molecular formula is C10H19NO2. The van der Waals surface area contributed by atoms with Crippen molar-refractivity contribution in [3.05, 3.63) is 0 Å². The number of methoxy groups -OCH3 is 1. The number of hydrogen-bond donors (Lipinski definition) is 2. The van der Waals surface area contributed by atoms with Gasteiger partial charge in [-0.25, -0.2) is 0 Å². The molecule has 3 heteroatoms. The predicted octanol–water partition coefficient (Wildman–Crippen LogP) is 1.00. The third-order valence-electron chi connectivity index (χ3n) is 4.11. The van der Waals surface area contributed by atoms with E-state index in [1.54, 1.807) is 7.11 Å². The number of ether oxygens (including phenoxy) is 1. The Morgan fingerprint density at radius 1 is 1.15 bits per heavy atom. The van der Waals surface area contributed by atoms with E-state index >= 15 is 0 Å². The fourth-order valence-corrected chi connectivity index (χ4v) is 2.86. The van der Waals surface area contributed by atoms with E-state index in [2.05, 4.69) is 0 Å². The second kappa shape index (κ2) is 2.94. The minimum absolute atomic E-state index is 0.0237. The maximum Gasteiger partial charge on any atom is 0.159 e. The van der Waals surface area contributed by atoms with Gasteiger partial charge < -0.3 is 15.6 Å². The molecule has 0 heterocycles. The van der Waals surface area contributed by atoms with Crippen molar-refractivity contribution in [2.45, 2.75) is 50.4 Å². The zero-order valence-corrected chi connectivity index (χ0v) is 8.25. The zero-order chi connectivity index (χ0) is 9.53. The highest BCUT2D eigenvalue weighted by Crippen LogP contribution is 2.53. The Kier molecular flexibility index (Phi) is 2.13. The predicted molar refractivity (Wildman–Crippen MR) is 50.1 cm³/mol. The topological polar surface area (TPSA) is 55.5 Å². The molecule has 76 valence electrons. The Labute approximate surface area is 79.3 Å². The molecular weight excluding hydrogens is 166 g/mol. The fourth-order valence-electron chi connectivity index (χ4n) is 2.86. The average molecular weight is 185 g/mol. The molecule has 1 unspecified atom stereocenters. The van der Waals surface area contributed by atoms with Crippen LogP contribution >= 0.6 is 0 Å². The largest absolute Gasteiger partial charge is 0.367 e. The lowest BCUT2D eigenvalue weighted by atomic mass is 9.57. The van der Waals surface area contributed by atoms with E-state index in [0.717, 1.165) is 38.5 Å². The standard InChI is InChI=1S/C10H19NO2/c1-13-8(12)9-2-5-10(11,6-3-9)7-4-9/h8,12H,2-7,11H2,1H3. The van der Waals surface area contributed by atoms with Gasteiger partial charge in [-0.2, -0.15) is 0 Å². The molecule has 0 radical (unpaired) electrons. The maximum atomic E-state index is 9.78. The van der Waals surface area contributed by atoms with Gasteiger partial charge >= 0.3 is 0 Å². The molecule has 0 amide bonds. The number of nitrogens with two attached hydrogens (primary N) is 1. The molecule has 3 fully saturated rings. The molecule has 3 N–H and O–H groups in total. The number of hydrogen-bond acceptors (Lipinski definition) is 3. The second-order valence-corrected chi connectivity index (χ2v) is 4.81. The van der Waals surface area contributed by atoms with Gasteiger partial charge in [-0.05, 0) is 38.5 Å². The molecule has 0 aromatic carbocycles. The Balaban J connectivity index is 2.11. The normalized spacial score (nSPS) is 46.4. The summed E-state index contributed by atoms with van der Waals surface area (Å²) in [4.78, 5) is 0. The molecule has 0 aliphatic heterocycles. The summed E-state index contributed by atoms with van der Waals surface area (Å²) >= 11 is 0. The van der Waals surface area contributed by atoms with Crippen molar-refractivity contribution in [1.82, 2.24) is 0 Å². The highest BCUT2D eigenvalue weighted by Gasteiger charge is 2.50. The highest BCUT2D eigenvalue weighted by atomic mass is 16.6. The van der Waals surface area contributed by atoms with Crippen LogP contribution in [0.25, 0.3) is 0 Å². The van der Waals surface area contributed by atoms with Gasteiger partial charge in [-0.1, -0.05) is 0 Å². The minimum atomic E-state index is -0.586. The van der Waals surface area contributed by atoms with Crippen molar-refractivity contribution in [3.8, 4) is 0 Å². The first-order chi connectivity index (χ1) is 6.10. The number of aliphatic hydroxyl groups is 1. The van der Waals surface area contributed by atoms with Gasteiger partial charge in [0.1, 0.15) is 0 Å². The van der Waals surface area contributed by atoms with Crippen LogP contribution in [0.4, 0.5) is 0 Å². The first kappa shape index (κ1) is 9.44. The number of rotatable bonds is 2. The van der Waals surface area contributed by atoms with Gasteiger partial charge in [-0.15, -0.1) is 0 Å². The molecule has 0 aromatic rings. The van der Waals surface area contributed by atoms with Gasteiger partial charge in [0.15, 0.2) is 6.29 Å². The van der Waals surface area contributed by atoms with Gasteiger partial charge in [-0.3, -0.25) is 0 Å². The molecule has 3 aliphatic rings. The lowest BCUT2D eigenvalue weighted by molar-refractivity contribution is -0.191. The Morgan fingerprint density at radius 3 is 2.00 bits per heavy atom. The van der Waals surface area contributed by atoms with Crippen LogP contribution in [0, 0.1) is 5.41 Å². The fraction of sp³-hybridized carbons (Fsp3) is 1.00. The van der Waals surface area contributed by atoms with Crippen LogP contribution < -0.4 is 5.73 Å². The first-order valence-electron chi connectivity index (χ1n) is 5.10. The molecule has 13 heavy (non-hydrogen) atoms. The summed E-state index contributed by atoms with van der Waals surface area (Å²) in [6.45, 7) is 0. The summed E-state index contributed by atoms with van der Waals surface area (Å²) in [5, 5.41) is 9.78. The monoisotopic (exact) mass is 185 g/mol. The van der Waals surface area contributed by atoms with Crippen molar-refractivity contribution >= 4 is 0 Å². The van der Waals surface area contributed by atoms with E-state index in [9.17, 15) is 5.11 Å². The summed E-state index contributed by atoms with van der Waals surface area (Å²) in [6.07, 6.45) is 5.64. The van der Waals surface area contributed by atoms with Crippen molar-refractivity contribution in [3.63, 3.8) is 0 Å². The van der Waals surface area contributed by atoms with Crippen LogP contribution in [0.15, 0.2) is 0 Å². The van der Waals surface area contributed by atoms with E-state index in [1.807, 2.05) is 0 Å². The molecule has 3 nitrogen and oxygen atoms in total. The van der Waals surface area contributed by atoms with E-state index in [1.165, 1.54) is 0 Å². The van der Waals surface area contributed by atoms with Gasteiger partial charge in [0.05, 0.1) is 0 Å². The maximum absolute atomic E-state index is 9.78. The molecule has 0 spiro atoms. The SMILES string of the molecule is COC(O)C12CCC(N)(CC1)CC2. The van der Waals surface area contributed by atoms with Crippen LogP contribution in [-0.4, -0.2) is 24.0 Å². The van der Waals surface area contributed by atoms with E-state index in [4.69, 9.17) is 10.5 Å². The third kappa shape index (κ3) is 1.39. The summed E-state index contributed by atoms with van der Waals surface area (Å²) in [5.74, 6) is 0. The summed E-state index contributed by atoms with van der Waals surface area (Å²) < 4.78 is 5.06. The molecule has 3 aliphatic carbocycles. The third-order valence-corrected chi connectivity index (χ3v) is 4.11. The van der Waals surface area contributed by atoms with Crippen LogP contribution in [0.1, 0.15) is 38.5 Å². The lowest BCUT2D eigenvalue weighted by Gasteiger charge is -2.53. The van der Waals surface area contributed by atoms with Crippen LogP contribution in [0.3, 0.4) is 0 Å². The molecule has 2 bridgehead atoms. The van der Waals surface area contributed by atoms with Gasteiger partial charge in [0, 0.05) is 18.1 Å². The first-order valence-corrected chi connectivity index (χ1v) is 5.10. The summed E-state index contributed by atoms with van der Waals surface area (Å²) in [7, 11) is 1.58. The number of fused-ring (bicyclic) bond motifs is 3. The quantitative estimate of drug-likeness (QED) is 0.631. The van der Waals surface area contributed by atoms with Gasteiger partial charge in [0.25, 0.3) is 0 Å². The Morgan fingerprint density at radius 2 is 1.62 bits per heavy atom.